The number of carbonyl (C=O) groups is 1. The molecule has 0 radical (unpaired) electrons. The van der Waals surface area contributed by atoms with Crippen molar-refractivity contribution >= 4 is 5.91 Å². The molecule has 27 heavy (non-hydrogen) atoms. The number of benzene rings is 2. The normalized spacial score (nSPS) is 14.4. The van der Waals surface area contributed by atoms with Gasteiger partial charge in [0.2, 0.25) is 5.82 Å². The smallest absolute Gasteiger partial charge is 0.258 e. The Bertz CT molecular complexity index is 977. The number of hydrogen-bond donors (Lipinski definition) is 0. The first-order chi connectivity index (χ1) is 13.1. The Labute approximate surface area is 156 Å². The molecule has 0 unspecified atom stereocenters. The van der Waals surface area contributed by atoms with E-state index < -0.39 is 0 Å². The van der Waals surface area contributed by atoms with Gasteiger partial charge in [-0.05, 0) is 56.0 Å². The van der Waals surface area contributed by atoms with Crippen LogP contribution in [0.25, 0.3) is 22.8 Å². The van der Waals surface area contributed by atoms with Crippen molar-refractivity contribution in [3.63, 3.8) is 0 Å². The van der Waals surface area contributed by atoms with E-state index in [-0.39, 0.29) is 17.6 Å². The van der Waals surface area contributed by atoms with E-state index in [4.69, 9.17) is 4.52 Å². The number of aryl methyl sites for hydroxylation is 1. The Morgan fingerprint density at radius 2 is 1.89 bits per heavy atom. The van der Waals surface area contributed by atoms with E-state index >= 15 is 0 Å². The third-order valence-electron chi connectivity index (χ3n) is 4.86. The maximum Gasteiger partial charge on any atom is 0.258 e. The van der Waals surface area contributed by atoms with Crippen LogP contribution in [-0.4, -0.2) is 34.0 Å². The van der Waals surface area contributed by atoms with Crippen molar-refractivity contribution in [3.8, 4) is 22.8 Å². The lowest BCUT2D eigenvalue weighted by Crippen LogP contribution is -2.35. The number of halogens is 1. The van der Waals surface area contributed by atoms with Gasteiger partial charge in [0.1, 0.15) is 5.82 Å². The molecule has 0 N–H and O–H groups in total. The van der Waals surface area contributed by atoms with Gasteiger partial charge in [0.15, 0.2) is 0 Å². The van der Waals surface area contributed by atoms with Gasteiger partial charge in [-0.25, -0.2) is 4.39 Å². The number of aromatic nitrogens is 2. The Morgan fingerprint density at radius 3 is 2.67 bits per heavy atom. The van der Waals surface area contributed by atoms with Gasteiger partial charge < -0.3 is 9.42 Å². The van der Waals surface area contributed by atoms with Crippen molar-refractivity contribution in [1.29, 1.82) is 0 Å². The lowest BCUT2D eigenvalue weighted by Gasteiger charge is -2.26. The minimum atomic E-state index is -0.318. The van der Waals surface area contributed by atoms with Crippen LogP contribution < -0.4 is 0 Å². The van der Waals surface area contributed by atoms with Crippen molar-refractivity contribution < 1.29 is 13.7 Å². The quantitative estimate of drug-likeness (QED) is 0.687. The minimum absolute atomic E-state index is 0.0286. The van der Waals surface area contributed by atoms with Crippen LogP contribution in [0.2, 0.25) is 0 Å². The first-order valence-electron chi connectivity index (χ1n) is 9.12. The van der Waals surface area contributed by atoms with Gasteiger partial charge in [-0.15, -0.1) is 0 Å². The number of rotatable bonds is 3. The van der Waals surface area contributed by atoms with Gasteiger partial charge in [-0.2, -0.15) is 4.98 Å². The summed E-state index contributed by atoms with van der Waals surface area (Å²) in [4.78, 5) is 19.0. The molecule has 1 amide bonds. The summed E-state index contributed by atoms with van der Waals surface area (Å²) in [6, 6.07) is 12.0. The zero-order chi connectivity index (χ0) is 18.8. The third kappa shape index (κ3) is 3.60. The fourth-order valence-electron chi connectivity index (χ4n) is 3.25. The number of nitrogens with zero attached hydrogens (tertiary/aromatic N) is 3. The molecule has 5 nitrogen and oxygen atoms in total. The Kier molecular flexibility index (Phi) is 4.71. The van der Waals surface area contributed by atoms with Gasteiger partial charge in [0.25, 0.3) is 11.8 Å². The van der Waals surface area contributed by atoms with Crippen LogP contribution in [0.5, 0.6) is 0 Å². The Morgan fingerprint density at radius 1 is 1.07 bits per heavy atom. The first kappa shape index (κ1) is 17.4. The molecule has 1 aliphatic rings. The van der Waals surface area contributed by atoms with Crippen LogP contribution in [-0.2, 0) is 0 Å². The van der Waals surface area contributed by atoms with Crippen molar-refractivity contribution in [2.24, 2.45) is 0 Å². The molecular weight excluding hydrogens is 345 g/mol. The molecule has 2 aromatic carbocycles. The molecule has 0 aliphatic carbocycles. The first-order valence-corrected chi connectivity index (χ1v) is 9.12. The second-order valence-corrected chi connectivity index (χ2v) is 6.82. The molecule has 1 saturated heterocycles. The van der Waals surface area contributed by atoms with Crippen LogP contribution in [0.4, 0.5) is 4.39 Å². The fraction of sp³-hybridized carbons (Fsp3) is 0.286. The Balaban J connectivity index is 1.60. The lowest BCUT2D eigenvalue weighted by molar-refractivity contribution is 0.0724. The second kappa shape index (κ2) is 7.31. The van der Waals surface area contributed by atoms with Crippen molar-refractivity contribution in [2.45, 2.75) is 26.2 Å². The van der Waals surface area contributed by atoms with Crippen molar-refractivity contribution in [3.05, 3.63) is 59.4 Å². The van der Waals surface area contributed by atoms with Gasteiger partial charge in [-0.1, -0.05) is 23.4 Å². The summed E-state index contributed by atoms with van der Waals surface area (Å²) in [5, 5.41) is 3.99. The largest absolute Gasteiger partial charge is 0.339 e. The summed E-state index contributed by atoms with van der Waals surface area (Å²) >= 11 is 0. The summed E-state index contributed by atoms with van der Waals surface area (Å²) < 4.78 is 19.1. The van der Waals surface area contributed by atoms with E-state index in [0.717, 1.165) is 25.9 Å². The highest BCUT2D eigenvalue weighted by Gasteiger charge is 2.19. The standard InChI is InChI=1S/C21H20FN3O2/c1-14-8-9-16(13-18(14)22)20-23-19(24-27-20)15-6-5-7-17(12-15)21(26)25-10-3-2-4-11-25/h5-9,12-13H,2-4,10-11H2,1H3. The van der Waals surface area contributed by atoms with Crippen molar-refractivity contribution in [2.75, 3.05) is 13.1 Å². The number of carbonyl (C=O) groups excluding carboxylic acids is 1. The molecule has 0 saturated carbocycles. The monoisotopic (exact) mass is 365 g/mol. The van der Waals surface area contributed by atoms with E-state index in [9.17, 15) is 9.18 Å². The van der Waals surface area contributed by atoms with E-state index in [2.05, 4.69) is 10.1 Å². The predicted molar refractivity (Wildman–Crippen MR) is 99.6 cm³/mol. The summed E-state index contributed by atoms with van der Waals surface area (Å²) in [5.74, 6) is 0.332. The summed E-state index contributed by atoms with van der Waals surface area (Å²) in [6.07, 6.45) is 3.27. The van der Waals surface area contributed by atoms with Gasteiger partial charge in [0, 0.05) is 29.8 Å². The average molecular weight is 365 g/mol. The molecule has 6 heteroatoms. The number of likely N-dealkylation sites (tertiary alicyclic amines) is 1. The van der Waals surface area contributed by atoms with E-state index in [0.29, 0.717) is 28.1 Å². The highest BCUT2D eigenvalue weighted by Crippen LogP contribution is 2.25. The maximum atomic E-state index is 13.8. The van der Waals surface area contributed by atoms with E-state index in [1.165, 1.54) is 12.5 Å². The lowest BCUT2D eigenvalue weighted by atomic mass is 10.1. The molecule has 0 bridgehead atoms. The molecule has 0 spiro atoms. The SMILES string of the molecule is Cc1ccc(-c2nc(-c3cccc(C(=O)N4CCCCC4)c3)no2)cc1F. The third-order valence-corrected chi connectivity index (χ3v) is 4.86. The van der Waals surface area contributed by atoms with Crippen LogP contribution >= 0.6 is 0 Å². The van der Waals surface area contributed by atoms with Crippen LogP contribution in [0, 0.1) is 12.7 Å². The highest BCUT2D eigenvalue weighted by atomic mass is 19.1. The molecule has 138 valence electrons. The van der Waals surface area contributed by atoms with Crippen molar-refractivity contribution in [1.82, 2.24) is 15.0 Å². The number of piperidine rings is 1. The molecular formula is C21H20FN3O2. The second-order valence-electron chi connectivity index (χ2n) is 6.82. The molecule has 1 fully saturated rings. The molecule has 2 heterocycles. The Hall–Kier alpha value is -3.02. The van der Waals surface area contributed by atoms with Crippen LogP contribution in [0.3, 0.4) is 0 Å². The molecule has 1 aromatic heterocycles. The molecule has 4 rings (SSSR count). The average Bonchev–Trinajstić information content (AvgIpc) is 3.20. The molecule has 0 atom stereocenters. The minimum Gasteiger partial charge on any atom is -0.339 e. The molecule has 3 aromatic rings. The van der Waals surface area contributed by atoms with Crippen LogP contribution in [0.1, 0.15) is 35.2 Å². The topological polar surface area (TPSA) is 59.2 Å². The summed E-state index contributed by atoms with van der Waals surface area (Å²) in [6.45, 7) is 3.30. The summed E-state index contributed by atoms with van der Waals surface area (Å²) in [7, 11) is 0. The van der Waals surface area contributed by atoms with E-state index in [1.807, 2.05) is 17.0 Å². The maximum absolute atomic E-state index is 13.8. The van der Waals surface area contributed by atoms with Gasteiger partial charge in [0.05, 0.1) is 0 Å². The fourth-order valence-corrected chi connectivity index (χ4v) is 3.25. The zero-order valence-corrected chi connectivity index (χ0v) is 15.1. The summed E-state index contributed by atoms with van der Waals surface area (Å²) in [5.41, 5.74) is 2.39. The number of amides is 1. The number of hydrogen-bond acceptors (Lipinski definition) is 4. The predicted octanol–water partition coefficient (Wildman–Crippen LogP) is 4.48. The van der Waals surface area contributed by atoms with Gasteiger partial charge >= 0.3 is 0 Å². The van der Waals surface area contributed by atoms with Gasteiger partial charge in [-0.3, -0.25) is 4.79 Å². The molecule has 1 aliphatic heterocycles. The highest BCUT2D eigenvalue weighted by molar-refractivity contribution is 5.95. The zero-order valence-electron chi connectivity index (χ0n) is 15.1. The van der Waals surface area contributed by atoms with E-state index in [1.54, 1.807) is 31.2 Å². The van der Waals surface area contributed by atoms with Crippen LogP contribution in [0.15, 0.2) is 47.0 Å².